The number of hydrogen-bond acceptors (Lipinski definition) is 6. The molecule has 0 saturated heterocycles. The van der Waals surface area contributed by atoms with Crippen LogP contribution in [0, 0.1) is 0 Å². The van der Waals surface area contributed by atoms with Crippen molar-refractivity contribution in [3.63, 3.8) is 0 Å². The van der Waals surface area contributed by atoms with Gasteiger partial charge in [-0.3, -0.25) is 0 Å². The van der Waals surface area contributed by atoms with Gasteiger partial charge < -0.3 is 16.2 Å². The molecule has 0 bridgehead atoms. The molecule has 0 amide bonds. The third-order valence-corrected chi connectivity index (χ3v) is 7.12. The summed E-state index contributed by atoms with van der Waals surface area (Å²) in [6.45, 7) is 0. The summed E-state index contributed by atoms with van der Waals surface area (Å²) in [5.74, 6) is 1.18. The second kappa shape index (κ2) is 7.25. The van der Waals surface area contributed by atoms with Crippen molar-refractivity contribution in [1.29, 1.82) is 0 Å². The fraction of sp³-hybridized carbons (Fsp3) is 0.296. The Bertz CT molecular complexity index is 1270. The number of rotatable bonds is 1. The average Bonchev–Trinajstić information content (AvgIpc) is 2.97. The Hall–Kier alpha value is -3.51. The molecule has 3 aromatic rings. The standard InChI is InChI=1S/C27H28N4O2/c1-31-25(29)30-27(33-31)17-26(13-5-9-18-6-2-3-7-21(18)16-26)32-24-12-11-20(15-23(24)27)19-8-4-10-22(28)14-19/h2-4,6-8,10-12,14-15H,5,9,13,16-17,28H2,1H3,(H2,29,30). The molecule has 2 atom stereocenters. The van der Waals surface area contributed by atoms with E-state index in [1.54, 1.807) is 12.1 Å². The topological polar surface area (TPSA) is 86.1 Å². The van der Waals surface area contributed by atoms with E-state index in [1.807, 2.05) is 24.3 Å². The van der Waals surface area contributed by atoms with E-state index in [1.165, 1.54) is 11.1 Å². The highest BCUT2D eigenvalue weighted by Crippen LogP contribution is 2.52. The van der Waals surface area contributed by atoms with E-state index in [9.17, 15) is 0 Å². The minimum absolute atomic E-state index is 0.376. The number of aliphatic imine (C=N–C) groups is 1. The summed E-state index contributed by atoms with van der Waals surface area (Å²) in [4.78, 5) is 11.3. The highest BCUT2D eigenvalue weighted by Gasteiger charge is 2.54. The first-order chi connectivity index (χ1) is 16.0. The molecule has 3 aromatic carbocycles. The number of hydroxylamine groups is 2. The van der Waals surface area contributed by atoms with Crippen LogP contribution >= 0.6 is 0 Å². The number of nitrogens with zero attached hydrogens (tertiary/aromatic N) is 2. The number of nitrogen functional groups attached to an aromatic ring is 1. The minimum Gasteiger partial charge on any atom is -0.486 e. The van der Waals surface area contributed by atoms with Crippen LogP contribution in [-0.4, -0.2) is 23.7 Å². The van der Waals surface area contributed by atoms with Gasteiger partial charge in [-0.25, -0.2) is 14.9 Å². The van der Waals surface area contributed by atoms with E-state index in [2.05, 4.69) is 42.5 Å². The first kappa shape index (κ1) is 20.1. The highest BCUT2D eigenvalue weighted by atomic mass is 16.7. The van der Waals surface area contributed by atoms with Crippen LogP contribution in [-0.2, 0) is 23.4 Å². The molecule has 0 radical (unpaired) electrons. The molecular formula is C27H28N4O2. The summed E-state index contributed by atoms with van der Waals surface area (Å²) >= 11 is 0. The molecule has 33 heavy (non-hydrogen) atoms. The van der Waals surface area contributed by atoms with Gasteiger partial charge in [-0.05, 0) is 65.8 Å². The zero-order valence-electron chi connectivity index (χ0n) is 18.8. The zero-order valence-corrected chi connectivity index (χ0v) is 18.8. The van der Waals surface area contributed by atoms with Crippen LogP contribution in [0.1, 0.15) is 36.0 Å². The van der Waals surface area contributed by atoms with Gasteiger partial charge in [0.1, 0.15) is 11.4 Å². The first-order valence-electron chi connectivity index (χ1n) is 11.5. The van der Waals surface area contributed by atoms with Crippen molar-refractivity contribution in [3.8, 4) is 16.9 Å². The van der Waals surface area contributed by atoms with Gasteiger partial charge in [0.15, 0.2) is 0 Å². The molecule has 6 heteroatoms. The number of guanidine groups is 1. The predicted octanol–water partition coefficient (Wildman–Crippen LogP) is 4.38. The molecule has 0 aromatic heterocycles. The van der Waals surface area contributed by atoms with Gasteiger partial charge in [0.25, 0.3) is 0 Å². The van der Waals surface area contributed by atoms with Gasteiger partial charge in [0.05, 0.1) is 5.56 Å². The largest absolute Gasteiger partial charge is 0.486 e. The summed E-state index contributed by atoms with van der Waals surface area (Å²) in [6.07, 6.45) is 4.47. The summed E-state index contributed by atoms with van der Waals surface area (Å²) in [7, 11) is 1.81. The third kappa shape index (κ3) is 3.33. The maximum Gasteiger partial charge on any atom is 0.222 e. The lowest BCUT2D eigenvalue weighted by Crippen LogP contribution is -2.49. The molecule has 2 heterocycles. The van der Waals surface area contributed by atoms with E-state index < -0.39 is 11.3 Å². The van der Waals surface area contributed by atoms with Gasteiger partial charge in [0, 0.05) is 25.6 Å². The smallest absolute Gasteiger partial charge is 0.222 e. The molecule has 2 spiro atoms. The van der Waals surface area contributed by atoms with E-state index >= 15 is 0 Å². The second-order valence-corrected chi connectivity index (χ2v) is 9.44. The minimum atomic E-state index is -0.915. The lowest BCUT2D eigenvalue weighted by molar-refractivity contribution is -0.204. The lowest BCUT2D eigenvalue weighted by Gasteiger charge is -2.45. The van der Waals surface area contributed by atoms with Crippen molar-refractivity contribution >= 4 is 11.6 Å². The molecular weight excluding hydrogens is 412 g/mol. The van der Waals surface area contributed by atoms with Gasteiger partial charge in [-0.1, -0.05) is 42.5 Å². The average molecular weight is 441 g/mol. The Labute approximate surface area is 193 Å². The number of benzene rings is 3. The van der Waals surface area contributed by atoms with E-state index in [-0.39, 0.29) is 0 Å². The summed E-state index contributed by atoms with van der Waals surface area (Å²) in [5.41, 5.74) is 17.4. The van der Waals surface area contributed by atoms with E-state index in [0.29, 0.717) is 12.4 Å². The summed E-state index contributed by atoms with van der Waals surface area (Å²) < 4.78 is 6.84. The first-order valence-corrected chi connectivity index (χ1v) is 11.5. The van der Waals surface area contributed by atoms with Gasteiger partial charge in [-0.2, -0.15) is 0 Å². The lowest BCUT2D eigenvalue weighted by atomic mass is 9.78. The van der Waals surface area contributed by atoms with Gasteiger partial charge >= 0.3 is 0 Å². The van der Waals surface area contributed by atoms with E-state index in [0.717, 1.165) is 53.8 Å². The maximum atomic E-state index is 6.84. The fourth-order valence-corrected chi connectivity index (χ4v) is 5.60. The molecule has 3 aliphatic rings. The number of nitrogens with two attached hydrogens (primary N) is 2. The van der Waals surface area contributed by atoms with Crippen molar-refractivity contribution in [2.75, 3.05) is 12.8 Å². The Kier molecular flexibility index (Phi) is 4.42. The molecule has 6 rings (SSSR count). The normalized spacial score (nSPS) is 25.8. The van der Waals surface area contributed by atoms with Crippen molar-refractivity contribution in [2.24, 2.45) is 10.7 Å². The quantitative estimate of drug-likeness (QED) is 0.549. The number of hydrogen-bond donors (Lipinski definition) is 2. The highest BCUT2D eigenvalue weighted by molar-refractivity contribution is 5.79. The number of fused-ring (bicyclic) bond motifs is 3. The molecule has 6 nitrogen and oxygen atoms in total. The predicted molar refractivity (Wildman–Crippen MR) is 129 cm³/mol. The van der Waals surface area contributed by atoms with Crippen molar-refractivity contribution in [3.05, 3.63) is 83.4 Å². The summed E-state index contributed by atoms with van der Waals surface area (Å²) in [6, 6.07) is 22.8. The van der Waals surface area contributed by atoms with Crippen LogP contribution in [0.25, 0.3) is 11.1 Å². The zero-order chi connectivity index (χ0) is 22.6. The number of anilines is 1. The van der Waals surface area contributed by atoms with Crippen LogP contribution in [0.5, 0.6) is 5.75 Å². The van der Waals surface area contributed by atoms with Crippen LogP contribution in [0.2, 0.25) is 0 Å². The third-order valence-electron chi connectivity index (χ3n) is 7.12. The van der Waals surface area contributed by atoms with Crippen molar-refractivity contribution in [1.82, 2.24) is 5.06 Å². The van der Waals surface area contributed by atoms with Gasteiger partial charge in [0.2, 0.25) is 11.7 Å². The number of ether oxygens (including phenoxy) is 1. The Morgan fingerprint density at radius 1 is 0.939 bits per heavy atom. The molecule has 0 saturated carbocycles. The van der Waals surface area contributed by atoms with Crippen LogP contribution in [0.15, 0.2) is 71.7 Å². The Morgan fingerprint density at radius 3 is 2.55 bits per heavy atom. The molecule has 4 N–H and O–H groups in total. The Balaban J connectivity index is 1.48. The van der Waals surface area contributed by atoms with Crippen LogP contribution < -0.4 is 16.2 Å². The molecule has 2 aliphatic heterocycles. The maximum absolute atomic E-state index is 6.84. The SMILES string of the molecule is CN1OC2(CC3(CCCc4ccccc4C3)Oc3ccc(-c4cccc(N)c4)cc32)N=C1N. The molecule has 2 unspecified atom stereocenters. The molecule has 0 fully saturated rings. The monoisotopic (exact) mass is 440 g/mol. The molecule has 168 valence electrons. The van der Waals surface area contributed by atoms with Crippen molar-refractivity contribution in [2.45, 2.75) is 43.4 Å². The molecule has 1 aliphatic carbocycles. The number of aryl methyl sites for hydroxylation is 1. The fourth-order valence-electron chi connectivity index (χ4n) is 5.60. The summed E-state index contributed by atoms with van der Waals surface area (Å²) in [5, 5.41) is 1.57. The van der Waals surface area contributed by atoms with Gasteiger partial charge in [-0.15, -0.1) is 0 Å². The van der Waals surface area contributed by atoms with Crippen molar-refractivity contribution < 1.29 is 9.57 Å². The van der Waals surface area contributed by atoms with Crippen LogP contribution in [0.3, 0.4) is 0 Å². The second-order valence-electron chi connectivity index (χ2n) is 9.44. The van der Waals surface area contributed by atoms with Crippen LogP contribution in [0.4, 0.5) is 5.69 Å². The van der Waals surface area contributed by atoms with E-state index in [4.69, 9.17) is 26.0 Å². The Morgan fingerprint density at radius 2 is 1.76 bits per heavy atom.